The smallest absolute Gasteiger partial charge is 0.191 e. The van der Waals surface area contributed by atoms with Crippen LogP contribution in [0.1, 0.15) is 51.3 Å². The van der Waals surface area contributed by atoms with Crippen molar-refractivity contribution < 1.29 is 0 Å². The Kier molecular flexibility index (Phi) is 10.3. The van der Waals surface area contributed by atoms with Gasteiger partial charge in [-0.05, 0) is 37.3 Å². The highest BCUT2D eigenvalue weighted by atomic mass is 127. The van der Waals surface area contributed by atoms with Crippen LogP contribution in [0.5, 0.6) is 0 Å². The predicted octanol–water partition coefficient (Wildman–Crippen LogP) is 4.07. The Labute approximate surface area is 174 Å². The largest absolute Gasteiger partial charge is 0.356 e. The van der Waals surface area contributed by atoms with Gasteiger partial charge in [-0.1, -0.05) is 33.3 Å². The molecule has 1 aliphatic rings. The van der Waals surface area contributed by atoms with Crippen LogP contribution in [0, 0.1) is 0 Å². The van der Waals surface area contributed by atoms with Crippen LogP contribution in [0.4, 0.5) is 0 Å². The number of likely N-dealkylation sites (tertiary alicyclic amines) is 1. The molecule has 25 heavy (non-hydrogen) atoms. The van der Waals surface area contributed by atoms with E-state index in [1.54, 1.807) is 0 Å². The highest BCUT2D eigenvalue weighted by Gasteiger charge is 2.23. The third-order valence-corrected chi connectivity index (χ3v) is 6.10. The van der Waals surface area contributed by atoms with E-state index in [2.05, 4.69) is 58.8 Å². The fourth-order valence-electron chi connectivity index (χ4n) is 3.13. The minimum atomic E-state index is 0. The van der Waals surface area contributed by atoms with Gasteiger partial charge in [-0.3, -0.25) is 4.99 Å². The van der Waals surface area contributed by atoms with E-state index < -0.39 is 0 Å². The highest BCUT2D eigenvalue weighted by Crippen LogP contribution is 2.26. The molecule has 0 bridgehead atoms. The molecule has 144 valence electrons. The predicted molar refractivity (Wildman–Crippen MR) is 122 cm³/mol. The molecule has 1 fully saturated rings. The van der Waals surface area contributed by atoms with Crippen LogP contribution >= 0.6 is 35.3 Å². The number of piperidine rings is 1. The monoisotopic (exact) mass is 478 g/mol. The van der Waals surface area contributed by atoms with Crippen LogP contribution in [0.25, 0.3) is 0 Å². The van der Waals surface area contributed by atoms with Gasteiger partial charge in [0.05, 0.1) is 0 Å². The zero-order valence-corrected chi connectivity index (χ0v) is 19.3. The molecular formula is C19H35IN4S. The Bertz CT molecular complexity index is 494. The summed E-state index contributed by atoms with van der Waals surface area (Å²) in [5.74, 6) is 0.937. The number of aliphatic imine (C=N–C) groups is 1. The van der Waals surface area contributed by atoms with Gasteiger partial charge >= 0.3 is 0 Å². The number of thiophene rings is 1. The molecule has 1 saturated heterocycles. The summed E-state index contributed by atoms with van der Waals surface area (Å²) < 4.78 is 0. The average molecular weight is 478 g/mol. The topological polar surface area (TPSA) is 39.7 Å². The minimum Gasteiger partial charge on any atom is -0.356 e. The zero-order chi connectivity index (χ0) is 17.4. The van der Waals surface area contributed by atoms with Gasteiger partial charge in [0.2, 0.25) is 0 Å². The number of nitrogens with zero attached hydrogens (tertiary/aromatic N) is 2. The van der Waals surface area contributed by atoms with E-state index in [1.807, 2.05) is 18.4 Å². The van der Waals surface area contributed by atoms with Gasteiger partial charge < -0.3 is 15.5 Å². The van der Waals surface area contributed by atoms with Crippen molar-refractivity contribution in [3.8, 4) is 0 Å². The molecule has 6 heteroatoms. The Morgan fingerprint density at radius 2 is 2.08 bits per heavy atom. The summed E-state index contributed by atoms with van der Waals surface area (Å²) in [4.78, 5) is 8.43. The van der Waals surface area contributed by atoms with E-state index in [9.17, 15) is 0 Å². The Hall–Kier alpha value is -0.340. The van der Waals surface area contributed by atoms with Crippen molar-refractivity contribution in [1.29, 1.82) is 0 Å². The zero-order valence-electron chi connectivity index (χ0n) is 16.2. The van der Waals surface area contributed by atoms with Crippen LogP contribution in [-0.2, 0) is 5.41 Å². The third kappa shape index (κ3) is 7.43. The first kappa shape index (κ1) is 22.7. The summed E-state index contributed by atoms with van der Waals surface area (Å²) >= 11 is 1.83. The van der Waals surface area contributed by atoms with E-state index in [0.29, 0.717) is 6.04 Å². The molecule has 1 aromatic rings. The number of guanidine groups is 1. The Morgan fingerprint density at radius 3 is 2.64 bits per heavy atom. The molecule has 2 heterocycles. The maximum absolute atomic E-state index is 4.42. The summed E-state index contributed by atoms with van der Waals surface area (Å²) in [5, 5.41) is 9.29. The molecule has 0 aliphatic carbocycles. The summed E-state index contributed by atoms with van der Waals surface area (Å²) in [6.45, 7) is 11.4. The first-order valence-electron chi connectivity index (χ1n) is 9.28. The molecule has 0 aromatic carbocycles. The van der Waals surface area contributed by atoms with Crippen LogP contribution in [0.2, 0.25) is 0 Å². The van der Waals surface area contributed by atoms with Crippen LogP contribution in [0.3, 0.4) is 0 Å². The fraction of sp³-hybridized carbons (Fsp3) is 0.737. The van der Waals surface area contributed by atoms with E-state index >= 15 is 0 Å². The van der Waals surface area contributed by atoms with Crippen molar-refractivity contribution >= 4 is 41.3 Å². The normalized spacial score (nSPS) is 17.2. The molecule has 0 saturated carbocycles. The molecule has 1 aromatic heterocycles. The lowest BCUT2D eigenvalue weighted by molar-refractivity contribution is 0.203. The maximum atomic E-state index is 4.42. The standard InChI is InChI=1S/C19H34N4S.HI/c1-5-6-11-23-12-9-16(10-13-23)22-18(20-4)21-15-19(2,3)17-8-7-14-24-17;/h7-8,14,16H,5-6,9-13,15H2,1-4H3,(H2,20,21,22);1H. The van der Waals surface area contributed by atoms with E-state index in [-0.39, 0.29) is 29.4 Å². The van der Waals surface area contributed by atoms with Gasteiger partial charge in [0, 0.05) is 43.0 Å². The number of unbranched alkanes of at least 4 members (excludes halogenated alkanes) is 1. The lowest BCUT2D eigenvalue weighted by Crippen LogP contribution is -2.50. The molecule has 0 amide bonds. The lowest BCUT2D eigenvalue weighted by Gasteiger charge is -2.33. The van der Waals surface area contributed by atoms with Crippen molar-refractivity contribution in [3.63, 3.8) is 0 Å². The summed E-state index contributed by atoms with van der Waals surface area (Å²) in [6, 6.07) is 4.88. The second kappa shape index (κ2) is 11.4. The number of halogens is 1. The molecule has 4 nitrogen and oxygen atoms in total. The molecule has 0 spiro atoms. The van der Waals surface area contributed by atoms with Gasteiger partial charge in [0.1, 0.15) is 0 Å². The molecular weight excluding hydrogens is 443 g/mol. The van der Waals surface area contributed by atoms with Crippen molar-refractivity contribution in [3.05, 3.63) is 22.4 Å². The highest BCUT2D eigenvalue weighted by molar-refractivity contribution is 14.0. The fourth-order valence-corrected chi connectivity index (χ4v) is 3.98. The molecule has 1 aliphatic heterocycles. The summed E-state index contributed by atoms with van der Waals surface area (Å²) in [7, 11) is 1.86. The number of hydrogen-bond acceptors (Lipinski definition) is 3. The van der Waals surface area contributed by atoms with Gasteiger partial charge in [0.25, 0.3) is 0 Å². The quantitative estimate of drug-likeness (QED) is 0.353. The van der Waals surface area contributed by atoms with Crippen LogP contribution < -0.4 is 10.6 Å². The van der Waals surface area contributed by atoms with Gasteiger partial charge in [-0.2, -0.15) is 0 Å². The SMILES string of the molecule is CCCCN1CCC(NC(=NC)NCC(C)(C)c2cccs2)CC1.I. The number of rotatable bonds is 7. The van der Waals surface area contributed by atoms with Gasteiger partial charge in [-0.25, -0.2) is 0 Å². The van der Waals surface area contributed by atoms with Gasteiger partial charge in [-0.15, -0.1) is 35.3 Å². The Morgan fingerprint density at radius 1 is 1.36 bits per heavy atom. The molecule has 2 N–H and O–H groups in total. The van der Waals surface area contributed by atoms with Crippen molar-refractivity contribution in [2.24, 2.45) is 4.99 Å². The van der Waals surface area contributed by atoms with Crippen molar-refractivity contribution in [1.82, 2.24) is 15.5 Å². The molecule has 2 rings (SSSR count). The lowest BCUT2D eigenvalue weighted by atomic mass is 9.91. The molecule has 0 radical (unpaired) electrons. The van der Waals surface area contributed by atoms with Crippen molar-refractivity contribution in [2.75, 3.05) is 33.2 Å². The average Bonchev–Trinajstić information content (AvgIpc) is 3.13. The van der Waals surface area contributed by atoms with Crippen LogP contribution in [0.15, 0.2) is 22.5 Å². The first-order chi connectivity index (χ1) is 11.5. The number of nitrogens with one attached hydrogen (secondary N) is 2. The van der Waals surface area contributed by atoms with E-state index in [1.165, 1.54) is 50.2 Å². The second-order valence-corrected chi connectivity index (χ2v) is 8.35. The molecule has 0 atom stereocenters. The summed E-state index contributed by atoms with van der Waals surface area (Å²) in [6.07, 6.45) is 5.02. The summed E-state index contributed by atoms with van der Waals surface area (Å²) in [5.41, 5.74) is 0.120. The Balaban J connectivity index is 0.00000312. The first-order valence-corrected chi connectivity index (χ1v) is 10.2. The minimum absolute atomic E-state index is 0. The maximum Gasteiger partial charge on any atom is 0.191 e. The van der Waals surface area contributed by atoms with Crippen molar-refractivity contribution in [2.45, 2.75) is 57.9 Å². The third-order valence-electron chi connectivity index (χ3n) is 4.87. The van der Waals surface area contributed by atoms with Crippen LogP contribution in [-0.4, -0.2) is 50.1 Å². The molecule has 0 unspecified atom stereocenters. The second-order valence-electron chi connectivity index (χ2n) is 7.40. The van der Waals surface area contributed by atoms with Gasteiger partial charge in [0.15, 0.2) is 5.96 Å². The number of hydrogen-bond donors (Lipinski definition) is 2. The van der Waals surface area contributed by atoms with E-state index in [0.717, 1.165) is 12.5 Å². The van der Waals surface area contributed by atoms with E-state index in [4.69, 9.17) is 0 Å².